The van der Waals surface area contributed by atoms with Gasteiger partial charge in [-0.15, -0.1) is 0 Å². The standard InChI is InChI=1S/C31H59NO12/c1-2-3-4-5-6-7-8-10-31(36)44-28-27-43-26-25-42-24-23-41-22-21-40-20-19-39-18-17-38-16-15-37-14-9-13-32-29(33)11-12-30(34)35/h2-28H2,1H3,(H,32,33)(H,34,35). The second-order valence-corrected chi connectivity index (χ2v) is 9.98. The molecule has 0 aliphatic rings. The molecule has 0 aromatic carbocycles. The van der Waals surface area contributed by atoms with Crippen LogP contribution in [-0.2, 0) is 52.3 Å². The number of carbonyl (C=O) groups excluding carboxylic acids is 2. The summed E-state index contributed by atoms with van der Waals surface area (Å²) in [6, 6.07) is 0. The van der Waals surface area contributed by atoms with Crippen molar-refractivity contribution in [3.05, 3.63) is 0 Å². The Hall–Kier alpha value is -1.87. The molecule has 0 spiro atoms. The topological polar surface area (TPSA) is 157 Å². The van der Waals surface area contributed by atoms with E-state index in [2.05, 4.69) is 12.2 Å². The van der Waals surface area contributed by atoms with Gasteiger partial charge >= 0.3 is 11.9 Å². The molecule has 0 radical (unpaired) electrons. The maximum Gasteiger partial charge on any atom is 0.305 e. The highest BCUT2D eigenvalue weighted by Crippen LogP contribution is 2.08. The minimum absolute atomic E-state index is 0.00995. The van der Waals surface area contributed by atoms with Gasteiger partial charge in [-0.3, -0.25) is 14.4 Å². The molecule has 2 N–H and O–H groups in total. The summed E-state index contributed by atoms with van der Waals surface area (Å²) in [7, 11) is 0. The molecular formula is C31H59NO12. The number of amides is 1. The molecule has 13 heteroatoms. The number of hydrogen-bond donors (Lipinski definition) is 2. The predicted octanol–water partition coefficient (Wildman–Crippen LogP) is 3.16. The average molecular weight is 638 g/mol. The Labute approximate surface area is 263 Å². The van der Waals surface area contributed by atoms with Crippen LogP contribution >= 0.6 is 0 Å². The summed E-state index contributed by atoms with van der Waals surface area (Å²) in [5.41, 5.74) is 0. The third-order valence-electron chi connectivity index (χ3n) is 6.06. The number of ether oxygens (including phenoxy) is 8. The number of carbonyl (C=O) groups is 3. The largest absolute Gasteiger partial charge is 0.481 e. The first kappa shape index (κ1) is 42.1. The van der Waals surface area contributed by atoms with Crippen LogP contribution in [0.4, 0.5) is 0 Å². The quantitative estimate of drug-likeness (QED) is 0.0765. The van der Waals surface area contributed by atoms with Crippen molar-refractivity contribution in [3.8, 4) is 0 Å². The van der Waals surface area contributed by atoms with Gasteiger partial charge in [-0.25, -0.2) is 0 Å². The van der Waals surface area contributed by atoms with Crippen molar-refractivity contribution in [2.24, 2.45) is 0 Å². The molecule has 0 aliphatic carbocycles. The van der Waals surface area contributed by atoms with Gasteiger partial charge in [0.05, 0.1) is 92.3 Å². The van der Waals surface area contributed by atoms with E-state index >= 15 is 0 Å². The summed E-state index contributed by atoms with van der Waals surface area (Å²) in [5, 5.41) is 11.2. The monoisotopic (exact) mass is 637 g/mol. The highest BCUT2D eigenvalue weighted by molar-refractivity contribution is 5.80. The van der Waals surface area contributed by atoms with E-state index in [0.717, 1.165) is 12.8 Å². The molecule has 0 aromatic heterocycles. The number of aliphatic carboxylic acids is 1. The smallest absolute Gasteiger partial charge is 0.305 e. The van der Waals surface area contributed by atoms with E-state index in [1.54, 1.807) is 0 Å². The molecule has 0 aliphatic heterocycles. The summed E-state index contributed by atoms with van der Waals surface area (Å²) in [6.07, 6.45) is 9.23. The SMILES string of the molecule is CCCCCCCCCC(=O)OCCOCCOCCOCCOCCOCCOCCOCCCNC(=O)CCC(=O)O. The van der Waals surface area contributed by atoms with E-state index in [9.17, 15) is 14.4 Å². The van der Waals surface area contributed by atoms with Crippen LogP contribution < -0.4 is 5.32 Å². The van der Waals surface area contributed by atoms with E-state index in [-0.39, 0.29) is 31.3 Å². The maximum absolute atomic E-state index is 11.7. The number of rotatable bonds is 36. The zero-order chi connectivity index (χ0) is 32.2. The first-order valence-corrected chi connectivity index (χ1v) is 16.2. The molecule has 0 fully saturated rings. The molecule has 0 heterocycles. The predicted molar refractivity (Wildman–Crippen MR) is 164 cm³/mol. The number of nitrogens with one attached hydrogen (secondary N) is 1. The summed E-state index contributed by atoms with van der Waals surface area (Å²) in [5.74, 6) is -1.40. The van der Waals surface area contributed by atoms with Gasteiger partial charge in [-0.05, 0) is 12.8 Å². The molecule has 13 nitrogen and oxygen atoms in total. The van der Waals surface area contributed by atoms with Crippen LogP contribution in [0, 0.1) is 0 Å². The summed E-state index contributed by atoms with van der Waals surface area (Å²) < 4.78 is 43.2. The first-order chi connectivity index (χ1) is 21.6. The van der Waals surface area contributed by atoms with Gasteiger partial charge in [-0.2, -0.15) is 0 Å². The molecule has 260 valence electrons. The lowest BCUT2D eigenvalue weighted by Gasteiger charge is -2.09. The van der Waals surface area contributed by atoms with Crippen LogP contribution in [0.2, 0.25) is 0 Å². The van der Waals surface area contributed by atoms with Crippen LogP contribution in [0.3, 0.4) is 0 Å². The number of unbranched alkanes of at least 4 members (excludes halogenated alkanes) is 6. The molecule has 0 saturated heterocycles. The molecule has 1 amide bonds. The zero-order valence-electron chi connectivity index (χ0n) is 27.0. The summed E-state index contributed by atoms with van der Waals surface area (Å²) in [4.78, 5) is 33.4. The fourth-order valence-corrected chi connectivity index (χ4v) is 3.65. The number of esters is 1. The van der Waals surface area contributed by atoms with Gasteiger partial charge in [0.2, 0.25) is 5.91 Å². The Morgan fingerprint density at radius 2 is 0.886 bits per heavy atom. The van der Waals surface area contributed by atoms with E-state index in [1.165, 1.54) is 32.1 Å². The third-order valence-corrected chi connectivity index (χ3v) is 6.06. The Bertz CT molecular complexity index is 653. The van der Waals surface area contributed by atoms with Crippen LogP contribution in [-0.4, -0.2) is 129 Å². The molecule has 0 unspecified atom stereocenters. The lowest BCUT2D eigenvalue weighted by molar-refractivity contribution is -0.145. The van der Waals surface area contributed by atoms with Crippen molar-refractivity contribution in [1.29, 1.82) is 0 Å². The highest BCUT2D eigenvalue weighted by Gasteiger charge is 2.04. The fourth-order valence-electron chi connectivity index (χ4n) is 3.65. The van der Waals surface area contributed by atoms with Crippen LogP contribution in [0.15, 0.2) is 0 Å². The zero-order valence-corrected chi connectivity index (χ0v) is 27.0. The van der Waals surface area contributed by atoms with Gasteiger partial charge in [0, 0.05) is 26.0 Å². The average Bonchev–Trinajstić information content (AvgIpc) is 3.01. The first-order valence-electron chi connectivity index (χ1n) is 16.2. The number of hydrogen-bond acceptors (Lipinski definition) is 11. The lowest BCUT2D eigenvalue weighted by Crippen LogP contribution is -2.25. The molecule has 0 rings (SSSR count). The summed E-state index contributed by atoms with van der Waals surface area (Å²) in [6.45, 7) is 9.38. The van der Waals surface area contributed by atoms with E-state index < -0.39 is 5.97 Å². The third kappa shape index (κ3) is 36.3. The molecule has 0 bridgehead atoms. The van der Waals surface area contributed by atoms with E-state index in [1.807, 2.05) is 0 Å². The van der Waals surface area contributed by atoms with E-state index in [4.69, 9.17) is 43.0 Å². The van der Waals surface area contributed by atoms with Crippen LogP contribution in [0.5, 0.6) is 0 Å². The minimum atomic E-state index is -0.983. The minimum Gasteiger partial charge on any atom is -0.481 e. The number of carboxylic acid groups (broad SMARTS) is 1. The fraction of sp³-hybridized carbons (Fsp3) is 0.903. The maximum atomic E-state index is 11.7. The second-order valence-electron chi connectivity index (χ2n) is 9.98. The Morgan fingerprint density at radius 3 is 1.34 bits per heavy atom. The van der Waals surface area contributed by atoms with Gasteiger partial charge in [-0.1, -0.05) is 45.4 Å². The van der Waals surface area contributed by atoms with Gasteiger partial charge in [0.25, 0.3) is 0 Å². The molecule has 0 saturated carbocycles. The Morgan fingerprint density at radius 1 is 0.477 bits per heavy atom. The van der Waals surface area contributed by atoms with Crippen molar-refractivity contribution in [1.82, 2.24) is 5.32 Å². The molecule has 0 aromatic rings. The highest BCUT2D eigenvalue weighted by atomic mass is 16.6. The molecular weight excluding hydrogens is 578 g/mol. The Kier molecular flexibility index (Phi) is 34.1. The van der Waals surface area contributed by atoms with Crippen molar-refractivity contribution in [2.75, 3.05) is 106 Å². The summed E-state index contributed by atoms with van der Waals surface area (Å²) >= 11 is 0. The van der Waals surface area contributed by atoms with Crippen LogP contribution in [0.1, 0.15) is 77.6 Å². The lowest BCUT2D eigenvalue weighted by atomic mass is 10.1. The van der Waals surface area contributed by atoms with Crippen molar-refractivity contribution in [2.45, 2.75) is 77.6 Å². The molecule has 44 heavy (non-hydrogen) atoms. The van der Waals surface area contributed by atoms with Crippen LogP contribution in [0.25, 0.3) is 0 Å². The molecule has 0 atom stereocenters. The van der Waals surface area contributed by atoms with Crippen molar-refractivity contribution in [3.63, 3.8) is 0 Å². The normalized spacial score (nSPS) is 11.1. The number of carboxylic acids is 1. The van der Waals surface area contributed by atoms with Gasteiger partial charge < -0.3 is 48.3 Å². The Balaban J connectivity index is 3.14. The van der Waals surface area contributed by atoms with Gasteiger partial charge in [0.15, 0.2) is 0 Å². The van der Waals surface area contributed by atoms with Gasteiger partial charge in [0.1, 0.15) is 6.61 Å². The second kappa shape index (κ2) is 35.6. The van der Waals surface area contributed by atoms with Crippen molar-refractivity contribution >= 4 is 17.8 Å². The van der Waals surface area contributed by atoms with Crippen molar-refractivity contribution < 1.29 is 57.4 Å². The van der Waals surface area contributed by atoms with E-state index in [0.29, 0.717) is 112 Å².